The molecule has 24 heavy (non-hydrogen) atoms. The van der Waals surface area contributed by atoms with E-state index >= 15 is 0 Å². The number of halogens is 1. The average molecular weight is 340 g/mol. The molecule has 0 aromatic heterocycles. The number of nitrogens with zero attached hydrogens (tertiary/aromatic N) is 1. The third-order valence-electron chi connectivity index (χ3n) is 4.15. The van der Waals surface area contributed by atoms with Gasteiger partial charge in [-0.1, -0.05) is 54.1 Å². The van der Waals surface area contributed by atoms with Crippen LogP contribution in [0.5, 0.6) is 0 Å². The van der Waals surface area contributed by atoms with Crippen LogP contribution in [0.4, 0.5) is 0 Å². The summed E-state index contributed by atoms with van der Waals surface area (Å²) in [6.07, 6.45) is 2.80. The Bertz CT molecular complexity index is 796. The SMILES string of the molecule is O=C(O)CCC1CN=C(c2cccc(Cl)c2)C=C1c1ccccc1. The Hall–Kier alpha value is -2.39. The molecule has 0 saturated carbocycles. The highest BCUT2D eigenvalue weighted by molar-refractivity contribution is 6.31. The number of aliphatic imine (C=N–C) groups is 1. The van der Waals surface area contributed by atoms with Gasteiger partial charge in [0.1, 0.15) is 0 Å². The van der Waals surface area contributed by atoms with Gasteiger partial charge in [0.15, 0.2) is 0 Å². The maximum atomic E-state index is 10.9. The third-order valence-corrected chi connectivity index (χ3v) is 4.38. The van der Waals surface area contributed by atoms with Crippen LogP contribution < -0.4 is 0 Å². The first kappa shape index (κ1) is 16.5. The van der Waals surface area contributed by atoms with E-state index in [1.807, 2.05) is 42.5 Å². The van der Waals surface area contributed by atoms with Gasteiger partial charge >= 0.3 is 5.97 Å². The number of rotatable bonds is 5. The van der Waals surface area contributed by atoms with Crippen molar-refractivity contribution >= 4 is 28.9 Å². The number of benzene rings is 2. The van der Waals surface area contributed by atoms with Crippen molar-refractivity contribution in [3.63, 3.8) is 0 Å². The number of carboxylic acid groups (broad SMARTS) is 1. The summed E-state index contributed by atoms with van der Waals surface area (Å²) < 4.78 is 0. The minimum atomic E-state index is -0.771. The minimum Gasteiger partial charge on any atom is -0.481 e. The molecule has 2 aromatic carbocycles. The average Bonchev–Trinajstić information content (AvgIpc) is 2.60. The molecule has 0 spiro atoms. The molecule has 0 amide bonds. The first-order valence-electron chi connectivity index (χ1n) is 7.92. The molecule has 1 aliphatic rings. The van der Waals surface area contributed by atoms with Crippen molar-refractivity contribution in [3.05, 3.63) is 76.8 Å². The summed E-state index contributed by atoms with van der Waals surface area (Å²) in [6.45, 7) is 0.593. The molecular weight excluding hydrogens is 322 g/mol. The summed E-state index contributed by atoms with van der Waals surface area (Å²) in [5, 5.41) is 9.67. The number of carboxylic acids is 1. The van der Waals surface area contributed by atoms with Crippen LogP contribution in [0.1, 0.15) is 24.0 Å². The molecule has 0 fully saturated rings. The number of aliphatic carboxylic acids is 1. The van der Waals surface area contributed by atoms with Crippen LogP contribution in [0.25, 0.3) is 5.57 Å². The van der Waals surface area contributed by atoms with E-state index in [0.717, 1.165) is 22.4 Å². The Labute approximate surface area is 146 Å². The summed E-state index contributed by atoms with van der Waals surface area (Å²) in [4.78, 5) is 15.6. The van der Waals surface area contributed by atoms with E-state index in [1.54, 1.807) is 0 Å². The van der Waals surface area contributed by atoms with Gasteiger partial charge in [-0.2, -0.15) is 0 Å². The molecule has 122 valence electrons. The number of hydrogen-bond acceptors (Lipinski definition) is 2. The Kier molecular flexibility index (Phi) is 5.11. The van der Waals surface area contributed by atoms with Crippen molar-refractivity contribution in [3.8, 4) is 0 Å². The zero-order valence-corrected chi connectivity index (χ0v) is 13.9. The normalized spacial score (nSPS) is 17.1. The zero-order valence-electron chi connectivity index (χ0n) is 13.2. The topological polar surface area (TPSA) is 49.7 Å². The first-order chi connectivity index (χ1) is 11.6. The standard InChI is InChI=1S/C20H18ClNO2/c21-17-8-4-7-15(11-17)19-12-18(14-5-2-1-3-6-14)16(13-22-19)9-10-20(23)24/h1-8,11-12,16H,9-10,13H2,(H,23,24). The van der Waals surface area contributed by atoms with Gasteiger partial charge in [0.25, 0.3) is 0 Å². The van der Waals surface area contributed by atoms with E-state index < -0.39 is 5.97 Å². The van der Waals surface area contributed by atoms with Crippen LogP contribution in [0.15, 0.2) is 65.7 Å². The molecular formula is C20H18ClNO2. The number of carbonyl (C=O) groups is 1. The molecule has 1 heterocycles. The summed E-state index contributed by atoms with van der Waals surface area (Å²) >= 11 is 6.09. The van der Waals surface area contributed by atoms with Gasteiger partial charge in [-0.25, -0.2) is 0 Å². The van der Waals surface area contributed by atoms with E-state index in [-0.39, 0.29) is 12.3 Å². The van der Waals surface area contributed by atoms with Crippen LogP contribution in [0, 0.1) is 5.92 Å². The lowest BCUT2D eigenvalue weighted by molar-refractivity contribution is -0.137. The molecule has 4 heteroatoms. The van der Waals surface area contributed by atoms with Crippen LogP contribution in [0.2, 0.25) is 5.02 Å². The molecule has 1 aliphatic heterocycles. The van der Waals surface area contributed by atoms with Crippen molar-refractivity contribution in [2.24, 2.45) is 10.9 Å². The van der Waals surface area contributed by atoms with Gasteiger partial charge in [-0.3, -0.25) is 9.79 Å². The molecule has 0 saturated heterocycles. The molecule has 0 bridgehead atoms. The molecule has 1 N–H and O–H groups in total. The van der Waals surface area contributed by atoms with Crippen LogP contribution in [-0.2, 0) is 4.79 Å². The van der Waals surface area contributed by atoms with Gasteiger partial charge in [0.05, 0.1) is 5.71 Å². The van der Waals surface area contributed by atoms with Crippen LogP contribution in [0.3, 0.4) is 0 Å². The maximum Gasteiger partial charge on any atom is 0.303 e. The fraction of sp³-hybridized carbons (Fsp3) is 0.200. The minimum absolute atomic E-state index is 0.117. The summed E-state index contributed by atoms with van der Waals surface area (Å²) in [6, 6.07) is 17.7. The predicted octanol–water partition coefficient (Wildman–Crippen LogP) is 4.71. The number of hydrogen-bond donors (Lipinski definition) is 1. The quantitative estimate of drug-likeness (QED) is 0.857. The largest absolute Gasteiger partial charge is 0.481 e. The molecule has 1 unspecified atom stereocenters. The number of allylic oxidation sites excluding steroid dienone is 1. The second-order valence-electron chi connectivity index (χ2n) is 5.83. The van der Waals surface area contributed by atoms with Gasteiger partial charge in [0, 0.05) is 29.5 Å². The molecule has 1 atom stereocenters. The van der Waals surface area contributed by atoms with Crippen molar-refractivity contribution in [1.29, 1.82) is 0 Å². The van der Waals surface area contributed by atoms with Crippen molar-refractivity contribution < 1.29 is 9.90 Å². The van der Waals surface area contributed by atoms with E-state index in [4.69, 9.17) is 16.7 Å². The van der Waals surface area contributed by atoms with Crippen LogP contribution >= 0.6 is 11.6 Å². The summed E-state index contributed by atoms with van der Waals surface area (Å²) in [5.74, 6) is -0.654. The zero-order chi connectivity index (χ0) is 16.9. The lowest BCUT2D eigenvalue weighted by atomic mass is 9.85. The van der Waals surface area contributed by atoms with Gasteiger partial charge in [0.2, 0.25) is 0 Å². The summed E-state index contributed by atoms with van der Waals surface area (Å²) in [5.41, 5.74) is 4.12. The summed E-state index contributed by atoms with van der Waals surface area (Å²) in [7, 11) is 0. The Morgan fingerprint density at radius 2 is 1.88 bits per heavy atom. The Morgan fingerprint density at radius 3 is 2.58 bits per heavy atom. The highest BCUT2D eigenvalue weighted by atomic mass is 35.5. The first-order valence-corrected chi connectivity index (χ1v) is 8.30. The third kappa shape index (κ3) is 3.92. The molecule has 0 radical (unpaired) electrons. The Morgan fingerprint density at radius 1 is 1.12 bits per heavy atom. The van der Waals surface area contributed by atoms with E-state index in [0.29, 0.717) is 18.0 Å². The maximum absolute atomic E-state index is 10.9. The molecule has 0 aliphatic carbocycles. The van der Waals surface area contributed by atoms with E-state index in [9.17, 15) is 4.79 Å². The highest BCUT2D eigenvalue weighted by Crippen LogP contribution is 2.31. The monoisotopic (exact) mass is 339 g/mol. The predicted molar refractivity (Wildman–Crippen MR) is 97.6 cm³/mol. The van der Waals surface area contributed by atoms with Crippen molar-refractivity contribution in [1.82, 2.24) is 0 Å². The lowest BCUT2D eigenvalue weighted by Crippen LogP contribution is -2.17. The second-order valence-corrected chi connectivity index (χ2v) is 6.27. The van der Waals surface area contributed by atoms with Gasteiger partial charge in [-0.05, 0) is 35.8 Å². The van der Waals surface area contributed by atoms with Gasteiger partial charge < -0.3 is 5.11 Å². The lowest BCUT2D eigenvalue weighted by Gasteiger charge is -2.23. The molecule has 2 aromatic rings. The number of dihydropyridines is 1. The van der Waals surface area contributed by atoms with Gasteiger partial charge in [-0.15, -0.1) is 0 Å². The van der Waals surface area contributed by atoms with Crippen molar-refractivity contribution in [2.45, 2.75) is 12.8 Å². The van der Waals surface area contributed by atoms with Crippen LogP contribution in [-0.4, -0.2) is 23.3 Å². The Balaban J connectivity index is 1.94. The molecule has 3 rings (SSSR count). The van der Waals surface area contributed by atoms with E-state index in [1.165, 1.54) is 0 Å². The fourth-order valence-corrected chi connectivity index (χ4v) is 3.12. The highest BCUT2D eigenvalue weighted by Gasteiger charge is 2.22. The fourth-order valence-electron chi connectivity index (χ4n) is 2.93. The smallest absolute Gasteiger partial charge is 0.303 e. The van der Waals surface area contributed by atoms with Crippen molar-refractivity contribution in [2.75, 3.05) is 6.54 Å². The second kappa shape index (κ2) is 7.45. The molecule has 3 nitrogen and oxygen atoms in total. The van der Waals surface area contributed by atoms with E-state index in [2.05, 4.69) is 23.2 Å².